The van der Waals surface area contributed by atoms with Crippen molar-refractivity contribution in [3.63, 3.8) is 0 Å². The van der Waals surface area contributed by atoms with Gasteiger partial charge in [0, 0.05) is 12.2 Å². The molecule has 4 nitrogen and oxygen atoms in total. The molecular weight excluding hydrogens is 278 g/mol. The van der Waals surface area contributed by atoms with Gasteiger partial charge in [-0.05, 0) is 18.1 Å². The van der Waals surface area contributed by atoms with E-state index >= 15 is 0 Å². The van der Waals surface area contributed by atoms with Crippen molar-refractivity contribution in [1.82, 2.24) is 5.32 Å². The van der Waals surface area contributed by atoms with Gasteiger partial charge in [-0.3, -0.25) is 4.79 Å². The molecule has 0 fully saturated rings. The third-order valence-electron chi connectivity index (χ3n) is 3.95. The Morgan fingerprint density at radius 1 is 1.18 bits per heavy atom. The molecule has 1 aliphatic rings. The Balaban J connectivity index is 1.75. The molecule has 0 radical (unpaired) electrons. The normalized spacial score (nSPS) is 17.4. The molecule has 0 aromatic heterocycles. The number of carbonyl (C=O) groups is 1. The van der Waals surface area contributed by atoms with E-state index in [9.17, 15) is 9.90 Å². The molecule has 2 N–H and O–H groups in total. The van der Waals surface area contributed by atoms with Crippen LogP contribution in [0.25, 0.3) is 0 Å². The van der Waals surface area contributed by atoms with Gasteiger partial charge in [-0.15, -0.1) is 0 Å². The van der Waals surface area contributed by atoms with Gasteiger partial charge in [0.25, 0.3) is 0 Å². The van der Waals surface area contributed by atoms with Gasteiger partial charge >= 0.3 is 0 Å². The highest BCUT2D eigenvalue weighted by molar-refractivity contribution is 5.85. The van der Waals surface area contributed by atoms with E-state index in [1.54, 1.807) is 0 Å². The molecule has 1 amide bonds. The van der Waals surface area contributed by atoms with Crippen molar-refractivity contribution in [2.75, 3.05) is 13.2 Å². The summed E-state index contributed by atoms with van der Waals surface area (Å²) < 4.78 is 5.57. The predicted molar refractivity (Wildman–Crippen MR) is 83.7 cm³/mol. The smallest absolute Gasteiger partial charge is 0.231 e. The summed E-state index contributed by atoms with van der Waals surface area (Å²) in [6, 6.07) is 17.1. The maximum Gasteiger partial charge on any atom is 0.231 e. The highest BCUT2D eigenvalue weighted by atomic mass is 16.5. The first-order chi connectivity index (χ1) is 10.8. The van der Waals surface area contributed by atoms with Crippen LogP contribution in [0, 0.1) is 0 Å². The van der Waals surface area contributed by atoms with Crippen molar-refractivity contribution in [3.8, 4) is 5.75 Å². The Morgan fingerprint density at radius 2 is 1.91 bits per heavy atom. The Bertz CT molecular complexity index is 642. The molecule has 2 aromatic rings. The number of para-hydroxylation sites is 1. The number of rotatable bonds is 5. The number of aliphatic hydroxyl groups is 1. The lowest BCUT2D eigenvalue weighted by Gasteiger charge is -2.20. The largest absolute Gasteiger partial charge is 0.492 e. The average Bonchev–Trinajstić information content (AvgIpc) is 2.99. The molecule has 1 heterocycles. The molecule has 114 valence electrons. The highest BCUT2D eigenvalue weighted by Crippen LogP contribution is 2.34. The fourth-order valence-electron chi connectivity index (χ4n) is 2.79. The molecule has 2 unspecified atom stereocenters. The molecule has 22 heavy (non-hydrogen) atoms. The number of ether oxygens (including phenoxy) is 1. The lowest BCUT2D eigenvalue weighted by molar-refractivity contribution is -0.123. The van der Waals surface area contributed by atoms with E-state index < -0.39 is 0 Å². The summed E-state index contributed by atoms with van der Waals surface area (Å²) in [5, 5.41) is 12.3. The van der Waals surface area contributed by atoms with E-state index in [-0.39, 0.29) is 24.5 Å². The number of aliphatic hydroxyl groups excluding tert-OH is 1. The molecular formula is C18H19NO3. The van der Waals surface area contributed by atoms with E-state index in [0.717, 1.165) is 16.9 Å². The first-order valence-corrected chi connectivity index (χ1v) is 7.47. The lowest BCUT2D eigenvalue weighted by Crippen LogP contribution is -2.34. The lowest BCUT2D eigenvalue weighted by atomic mass is 9.98. The minimum atomic E-state index is -0.291. The molecule has 1 aliphatic heterocycles. The fourth-order valence-corrected chi connectivity index (χ4v) is 2.79. The maximum atomic E-state index is 12.6. The number of fused-ring (bicyclic) bond motifs is 1. The van der Waals surface area contributed by atoms with E-state index in [4.69, 9.17) is 4.74 Å². The van der Waals surface area contributed by atoms with Crippen molar-refractivity contribution in [2.45, 2.75) is 18.4 Å². The summed E-state index contributed by atoms with van der Waals surface area (Å²) in [6.45, 7) is 0.392. The van der Waals surface area contributed by atoms with Crippen molar-refractivity contribution >= 4 is 5.91 Å². The van der Waals surface area contributed by atoms with Crippen LogP contribution >= 0.6 is 0 Å². The van der Waals surface area contributed by atoms with E-state index in [1.807, 2.05) is 54.6 Å². The van der Waals surface area contributed by atoms with Gasteiger partial charge in [0.15, 0.2) is 0 Å². The summed E-state index contributed by atoms with van der Waals surface area (Å²) >= 11 is 0. The molecule has 4 heteroatoms. The van der Waals surface area contributed by atoms with Gasteiger partial charge in [0.1, 0.15) is 18.3 Å². The second-order valence-electron chi connectivity index (χ2n) is 5.39. The van der Waals surface area contributed by atoms with Gasteiger partial charge in [-0.25, -0.2) is 0 Å². The van der Waals surface area contributed by atoms with Crippen LogP contribution in [0.4, 0.5) is 0 Å². The molecule has 2 atom stereocenters. The zero-order chi connectivity index (χ0) is 15.4. The second-order valence-corrected chi connectivity index (χ2v) is 5.39. The SMILES string of the molecule is O=C(NC(CCO)c1ccccc1)C1COc2ccccc21. The molecule has 0 saturated heterocycles. The second kappa shape index (κ2) is 6.62. The number of hydrogen-bond donors (Lipinski definition) is 2. The molecule has 3 rings (SSSR count). The summed E-state index contributed by atoms with van der Waals surface area (Å²) in [6.07, 6.45) is 0.491. The van der Waals surface area contributed by atoms with Crippen LogP contribution in [0.3, 0.4) is 0 Å². The quantitative estimate of drug-likeness (QED) is 0.891. The zero-order valence-corrected chi connectivity index (χ0v) is 12.2. The highest BCUT2D eigenvalue weighted by Gasteiger charge is 2.31. The van der Waals surface area contributed by atoms with Gasteiger partial charge in [-0.2, -0.15) is 0 Å². The summed E-state index contributed by atoms with van der Waals surface area (Å²) in [5.74, 6) is 0.425. The number of amides is 1. The number of carbonyl (C=O) groups excluding carboxylic acids is 1. The van der Waals surface area contributed by atoms with Gasteiger partial charge in [-0.1, -0.05) is 48.5 Å². The Morgan fingerprint density at radius 3 is 2.68 bits per heavy atom. The molecule has 0 saturated carbocycles. The van der Waals surface area contributed by atoms with Crippen LogP contribution in [0.5, 0.6) is 5.75 Å². The van der Waals surface area contributed by atoms with Crippen molar-refractivity contribution in [2.24, 2.45) is 0 Å². The Labute approximate surface area is 129 Å². The monoisotopic (exact) mass is 297 g/mol. The average molecular weight is 297 g/mol. The molecule has 2 aromatic carbocycles. The number of hydrogen-bond acceptors (Lipinski definition) is 3. The minimum Gasteiger partial charge on any atom is -0.492 e. The molecule has 0 spiro atoms. The van der Waals surface area contributed by atoms with Gasteiger partial charge in [0.05, 0.1) is 6.04 Å². The van der Waals surface area contributed by atoms with Crippen molar-refractivity contribution in [3.05, 3.63) is 65.7 Å². The minimum absolute atomic E-state index is 0.0254. The predicted octanol–water partition coefficient (Wildman–Crippen LogP) is 2.40. The molecule has 0 aliphatic carbocycles. The van der Waals surface area contributed by atoms with E-state index in [2.05, 4.69) is 5.32 Å². The third-order valence-corrected chi connectivity index (χ3v) is 3.95. The summed E-state index contributed by atoms with van der Waals surface area (Å²) in [4.78, 5) is 12.6. The summed E-state index contributed by atoms with van der Waals surface area (Å²) in [7, 11) is 0. The van der Waals surface area contributed by atoms with Gasteiger partial charge in [0.2, 0.25) is 5.91 Å². The van der Waals surface area contributed by atoms with Crippen LogP contribution in [0.2, 0.25) is 0 Å². The standard InChI is InChI=1S/C18H19NO3/c20-11-10-16(13-6-2-1-3-7-13)19-18(21)15-12-22-17-9-5-4-8-14(15)17/h1-9,15-16,20H,10-12H2,(H,19,21). The number of nitrogens with one attached hydrogen (secondary N) is 1. The van der Waals surface area contributed by atoms with Crippen LogP contribution in [0.1, 0.15) is 29.5 Å². The number of benzene rings is 2. The van der Waals surface area contributed by atoms with Gasteiger partial charge < -0.3 is 15.2 Å². The Hall–Kier alpha value is -2.33. The van der Waals surface area contributed by atoms with E-state index in [1.165, 1.54) is 0 Å². The van der Waals surface area contributed by atoms with Crippen molar-refractivity contribution in [1.29, 1.82) is 0 Å². The van der Waals surface area contributed by atoms with E-state index in [0.29, 0.717) is 13.0 Å². The first kappa shape index (κ1) is 14.6. The van der Waals surface area contributed by atoms with Crippen LogP contribution in [-0.2, 0) is 4.79 Å². The van der Waals surface area contributed by atoms with Crippen molar-refractivity contribution < 1.29 is 14.6 Å². The molecule has 0 bridgehead atoms. The van der Waals surface area contributed by atoms with Crippen LogP contribution in [0.15, 0.2) is 54.6 Å². The maximum absolute atomic E-state index is 12.6. The van der Waals surface area contributed by atoms with Crippen LogP contribution < -0.4 is 10.1 Å². The van der Waals surface area contributed by atoms with Crippen LogP contribution in [-0.4, -0.2) is 24.2 Å². The zero-order valence-electron chi connectivity index (χ0n) is 12.2. The summed E-state index contributed by atoms with van der Waals surface area (Å²) in [5.41, 5.74) is 1.92. The topological polar surface area (TPSA) is 58.6 Å². The first-order valence-electron chi connectivity index (χ1n) is 7.47. The Kier molecular flexibility index (Phi) is 4.39. The fraction of sp³-hybridized carbons (Fsp3) is 0.278. The third kappa shape index (κ3) is 2.97.